The highest BCUT2D eigenvalue weighted by Crippen LogP contribution is 2.34. The summed E-state index contributed by atoms with van der Waals surface area (Å²) in [5.74, 6) is 0.332. The number of nitriles is 1. The first-order chi connectivity index (χ1) is 8.19. The fourth-order valence-electron chi connectivity index (χ4n) is 1.93. The Kier molecular flexibility index (Phi) is 3.12. The summed E-state index contributed by atoms with van der Waals surface area (Å²) in [5.41, 5.74) is 9.30. The molecule has 0 spiro atoms. The Hall–Kier alpha value is -1.86. The molecule has 2 N–H and O–H groups in total. The molecule has 0 saturated heterocycles. The number of hydrogen-bond donors (Lipinski definition) is 1. The lowest BCUT2D eigenvalue weighted by Crippen LogP contribution is -2.04. The van der Waals surface area contributed by atoms with Crippen LogP contribution in [0.5, 0.6) is 0 Å². The van der Waals surface area contributed by atoms with Gasteiger partial charge >= 0.3 is 0 Å². The maximum absolute atomic E-state index is 9.22. The van der Waals surface area contributed by atoms with E-state index in [0.29, 0.717) is 11.4 Å². The van der Waals surface area contributed by atoms with Gasteiger partial charge in [0, 0.05) is 16.1 Å². The SMILES string of the molecule is CCc1nc(N)c(C#N)c(-c2cccs2)c1C. The Morgan fingerprint density at radius 3 is 2.82 bits per heavy atom. The van der Waals surface area contributed by atoms with Crippen molar-refractivity contribution in [2.24, 2.45) is 0 Å². The van der Waals surface area contributed by atoms with E-state index >= 15 is 0 Å². The zero-order chi connectivity index (χ0) is 12.4. The summed E-state index contributed by atoms with van der Waals surface area (Å²) in [7, 11) is 0. The Labute approximate surface area is 105 Å². The van der Waals surface area contributed by atoms with Crippen LogP contribution in [0, 0.1) is 18.3 Å². The monoisotopic (exact) mass is 243 g/mol. The van der Waals surface area contributed by atoms with E-state index < -0.39 is 0 Å². The molecule has 0 aliphatic carbocycles. The molecule has 2 heterocycles. The minimum absolute atomic E-state index is 0.332. The molecule has 0 radical (unpaired) electrons. The van der Waals surface area contributed by atoms with Crippen LogP contribution in [0.2, 0.25) is 0 Å². The third kappa shape index (κ3) is 1.90. The first kappa shape index (κ1) is 11.6. The molecule has 3 nitrogen and oxygen atoms in total. The first-order valence-electron chi connectivity index (χ1n) is 5.42. The van der Waals surface area contributed by atoms with Crippen LogP contribution in [0.3, 0.4) is 0 Å². The predicted octanol–water partition coefficient (Wildman–Crippen LogP) is 3.13. The highest BCUT2D eigenvalue weighted by atomic mass is 32.1. The second-order valence-corrected chi connectivity index (χ2v) is 4.71. The number of pyridine rings is 1. The van der Waals surface area contributed by atoms with Crippen molar-refractivity contribution in [1.29, 1.82) is 5.26 Å². The van der Waals surface area contributed by atoms with E-state index in [1.165, 1.54) is 0 Å². The van der Waals surface area contributed by atoms with Crippen LogP contribution in [0.25, 0.3) is 10.4 Å². The van der Waals surface area contributed by atoms with E-state index in [0.717, 1.165) is 28.1 Å². The van der Waals surface area contributed by atoms with Crippen molar-refractivity contribution in [3.05, 3.63) is 34.3 Å². The summed E-state index contributed by atoms with van der Waals surface area (Å²) >= 11 is 1.61. The summed E-state index contributed by atoms with van der Waals surface area (Å²) in [6.45, 7) is 4.04. The summed E-state index contributed by atoms with van der Waals surface area (Å²) in [5, 5.41) is 11.2. The molecule has 0 bridgehead atoms. The average molecular weight is 243 g/mol. The standard InChI is InChI=1S/C13H13N3S/c1-3-10-8(2)12(11-5-4-6-17-11)9(7-14)13(15)16-10/h4-6H,3H2,1-2H3,(H2,15,16). The number of nitrogen functional groups attached to an aromatic ring is 1. The summed E-state index contributed by atoms with van der Waals surface area (Å²) in [6.07, 6.45) is 0.820. The van der Waals surface area contributed by atoms with Gasteiger partial charge in [-0.3, -0.25) is 0 Å². The van der Waals surface area contributed by atoms with Gasteiger partial charge in [0.25, 0.3) is 0 Å². The van der Waals surface area contributed by atoms with Crippen molar-refractivity contribution < 1.29 is 0 Å². The molecule has 2 aromatic rings. The number of aryl methyl sites for hydroxylation is 1. The van der Waals surface area contributed by atoms with E-state index in [-0.39, 0.29) is 0 Å². The number of hydrogen-bond acceptors (Lipinski definition) is 4. The Morgan fingerprint density at radius 2 is 2.29 bits per heavy atom. The van der Waals surface area contributed by atoms with Gasteiger partial charge in [0.15, 0.2) is 0 Å². The van der Waals surface area contributed by atoms with Crippen LogP contribution in [-0.2, 0) is 6.42 Å². The minimum atomic E-state index is 0.332. The number of anilines is 1. The van der Waals surface area contributed by atoms with Crippen molar-refractivity contribution >= 4 is 17.2 Å². The van der Waals surface area contributed by atoms with Crippen LogP contribution < -0.4 is 5.73 Å². The van der Waals surface area contributed by atoms with Gasteiger partial charge < -0.3 is 5.73 Å². The highest BCUT2D eigenvalue weighted by molar-refractivity contribution is 7.13. The van der Waals surface area contributed by atoms with Crippen molar-refractivity contribution in [2.45, 2.75) is 20.3 Å². The predicted molar refractivity (Wildman–Crippen MR) is 70.8 cm³/mol. The van der Waals surface area contributed by atoms with Gasteiger partial charge in [-0.2, -0.15) is 5.26 Å². The number of thiophene rings is 1. The molecule has 0 fully saturated rings. The lowest BCUT2D eigenvalue weighted by molar-refractivity contribution is 1.01. The van der Waals surface area contributed by atoms with Crippen molar-refractivity contribution in [3.63, 3.8) is 0 Å². The normalized spacial score (nSPS) is 10.2. The van der Waals surface area contributed by atoms with Gasteiger partial charge in [0.1, 0.15) is 17.5 Å². The fourth-order valence-corrected chi connectivity index (χ4v) is 2.77. The molecule has 0 aromatic carbocycles. The van der Waals surface area contributed by atoms with E-state index in [2.05, 4.69) is 11.1 Å². The summed E-state index contributed by atoms with van der Waals surface area (Å²) in [4.78, 5) is 5.36. The molecule has 0 saturated carbocycles. The smallest absolute Gasteiger partial charge is 0.142 e. The zero-order valence-electron chi connectivity index (χ0n) is 9.82. The van der Waals surface area contributed by atoms with E-state index in [9.17, 15) is 5.26 Å². The van der Waals surface area contributed by atoms with E-state index in [4.69, 9.17) is 5.73 Å². The molecule has 17 heavy (non-hydrogen) atoms. The number of rotatable bonds is 2. The Balaban J connectivity index is 2.80. The first-order valence-corrected chi connectivity index (χ1v) is 6.29. The third-order valence-corrected chi connectivity index (χ3v) is 3.67. The van der Waals surface area contributed by atoms with Gasteiger partial charge in [-0.05, 0) is 30.4 Å². The lowest BCUT2D eigenvalue weighted by atomic mass is 9.99. The van der Waals surface area contributed by atoms with Crippen LogP contribution in [0.4, 0.5) is 5.82 Å². The molecule has 4 heteroatoms. The molecule has 0 aliphatic heterocycles. The van der Waals surface area contributed by atoms with Crippen molar-refractivity contribution in [3.8, 4) is 16.5 Å². The molecule has 0 amide bonds. The van der Waals surface area contributed by atoms with Crippen LogP contribution >= 0.6 is 11.3 Å². The van der Waals surface area contributed by atoms with Crippen LogP contribution in [-0.4, -0.2) is 4.98 Å². The number of aromatic nitrogens is 1. The highest BCUT2D eigenvalue weighted by Gasteiger charge is 2.16. The zero-order valence-corrected chi connectivity index (χ0v) is 10.6. The Bertz CT molecular complexity index is 579. The molecule has 0 atom stereocenters. The maximum atomic E-state index is 9.22. The van der Waals surface area contributed by atoms with Crippen LogP contribution in [0.15, 0.2) is 17.5 Å². The van der Waals surface area contributed by atoms with Crippen molar-refractivity contribution in [1.82, 2.24) is 4.98 Å². The maximum Gasteiger partial charge on any atom is 0.142 e. The largest absolute Gasteiger partial charge is 0.383 e. The molecule has 0 aliphatic rings. The minimum Gasteiger partial charge on any atom is -0.383 e. The molecule has 86 valence electrons. The quantitative estimate of drug-likeness (QED) is 0.881. The van der Waals surface area contributed by atoms with Gasteiger partial charge in [-0.15, -0.1) is 11.3 Å². The lowest BCUT2D eigenvalue weighted by Gasteiger charge is -2.12. The number of nitrogens with zero attached hydrogens (tertiary/aromatic N) is 2. The van der Waals surface area contributed by atoms with Gasteiger partial charge in [-0.25, -0.2) is 4.98 Å². The molecular formula is C13H13N3S. The van der Waals surface area contributed by atoms with Crippen molar-refractivity contribution in [2.75, 3.05) is 5.73 Å². The fraction of sp³-hybridized carbons (Fsp3) is 0.231. The van der Waals surface area contributed by atoms with E-state index in [1.54, 1.807) is 11.3 Å². The van der Waals surface area contributed by atoms with E-state index in [1.807, 2.05) is 31.4 Å². The van der Waals surface area contributed by atoms with Gasteiger partial charge in [0.2, 0.25) is 0 Å². The van der Waals surface area contributed by atoms with Gasteiger partial charge in [0.05, 0.1) is 0 Å². The second-order valence-electron chi connectivity index (χ2n) is 3.76. The molecule has 2 aromatic heterocycles. The second kappa shape index (κ2) is 4.56. The average Bonchev–Trinajstić information content (AvgIpc) is 2.84. The number of nitrogens with two attached hydrogens (primary N) is 1. The molecular weight excluding hydrogens is 230 g/mol. The van der Waals surface area contributed by atoms with Crippen LogP contribution in [0.1, 0.15) is 23.7 Å². The topological polar surface area (TPSA) is 62.7 Å². The Morgan fingerprint density at radius 1 is 1.53 bits per heavy atom. The third-order valence-electron chi connectivity index (χ3n) is 2.78. The molecule has 2 rings (SSSR count). The summed E-state index contributed by atoms with van der Waals surface area (Å²) in [6, 6.07) is 6.15. The molecule has 0 unspecified atom stereocenters. The van der Waals surface area contributed by atoms with Gasteiger partial charge in [-0.1, -0.05) is 13.0 Å². The summed E-state index contributed by atoms with van der Waals surface area (Å²) < 4.78 is 0.